The summed E-state index contributed by atoms with van der Waals surface area (Å²) in [4.78, 5) is 1.38. The van der Waals surface area contributed by atoms with Crippen LogP contribution in [-0.4, -0.2) is 0 Å². The molecule has 0 bridgehead atoms. The molecule has 1 unspecified atom stereocenters. The molecule has 1 aliphatic heterocycles. The van der Waals surface area contributed by atoms with Gasteiger partial charge in [-0.2, -0.15) is 0 Å². The van der Waals surface area contributed by atoms with E-state index in [1.807, 2.05) is 11.8 Å². The van der Waals surface area contributed by atoms with Gasteiger partial charge in [0.1, 0.15) is 0 Å². The fourth-order valence-electron chi connectivity index (χ4n) is 6.44. The fourth-order valence-corrected chi connectivity index (χ4v) is 7.69. The summed E-state index contributed by atoms with van der Waals surface area (Å²) in [6, 6.07) is 53.4. The summed E-state index contributed by atoms with van der Waals surface area (Å²) in [5, 5.41) is 8.19. The first-order valence-corrected chi connectivity index (χ1v) is 15.2. The van der Waals surface area contributed by atoms with E-state index in [4.69, 9.17) is 0 Å². The van der Waals surface area contributed by atoms with Gasteiger partial charge in [0.05, 0.1) is 0 Å². The maximum atomic E-state index is 2.42. The van der Waals surface area contributed by atoms with Crippen molar-refractivity contribution in [2.45, 2.75) is 11.7 Å². The van der Waals surface area contributed by atoms with Crippen molar-refractivity contribution in [1.29, 1.82) is 0 Å². The molecule has 1 heterocycles. The molecule has 0 N–H and O–H groups in total. The molecule has 41 heavy (non-hydrogen) atoms. The van der Waals surface area contributed by atoms with Crippen LogP contribution in [0.5, 0.6) is 0 Å². The highest BCUT2D eigenvalue weighted by Crippen LogP contribution is 2.49. The number of hydrogen-bond donors (Lipinski definition) is 0. The SMILES string of the molecule is C1=C(c2cccc(-c3c4ccccc4c(-c4ccc5ccccc5c4)c4ccccc34)c2)SC(c2ccccc2)C1. The van der Waals surface area contributed by atoms with Gasteiger partial charge < -0.3 is 0 Å². The van der Waals surface area contributed by atoms with Crippen LogP contribution < -0.4 is 0 Å². The molecule has 7 aromatic rings. The molecular formula is C40H28S. The highest BCUT2D eigenvalue weighted by atomic mass is 32.2. The second-order valence-corrected chi connectivity index (χ2v) is 12.0. The molecule has 0 fully saturated rings. The average Bonchev–Trinajstić information content (AvgIpc) is 3.54. The van der Waals surface area contributed by atoms with Gasteiger partial charge in [-0.1, -0.05) is 140 Å². The number of fused-ring (bicyclic) bond motifs is 3. The first kappa shape index (κ1) is 24.2. The molecule has 0 radical (unpaired) electrons. The largest absolute Gasteiger partial charge is 0.117 e. The molecule has 1 aliphatic rings. The van der Waals surface area contributed by atoms with Crippen LogP contribution in [0.4, 0.5) is 0 Å². The van der Waals surface area contributed by atoms with E-state index >= 15 is 0 Å². The molecule has 8 rings (SSSR count). The summed E-state index contributed by atoms with van der Waals surface area (Å²) in [5.74, 6) is 0. The number of benzene rings is 7. The standard InChI is InChI=1S/C40H28S/c1-2-12-28(13-3-1)37-23-24-38(41-37)30-15-10-16-31(26-30)39-33-17-6-8-19-35(33)40(36-20-9-7-18-34(36)39)32-22-21-27-11-4-5-14-29(27)25-32/h1-22,24-26,37H,23H2. The predicted octanol–water partition coefficient (Wildman–Crippen LogP) is 11.7. The van der Waals surface area contributed by atoms with Crippen LogP contribution >= 0.6 is 11.8 Å². The minimum absolute atomic E-state index is 0.484. The molecule has 0 nitrogen and oxygen atoms in total. The molecule has 0 amide bonds. The van der Waals surface area contributed by atoms with Gasteiger partial charge in [0, 0.05) is 10.2 Å². The Hall–Kier alpha value is -4.59. The monoisotopic (exact) mass is 540 g/mol. The third-order valence-electron chi connectivity index (χ3n) is 8.36. The van der Waals surface area contributed by atoms with Crippen molar-refractivity contribution in [3.05, 3.63) is 163 Å². The normalized spacial score (nSPS) is 15.0. The lowest BCUT2D eigenvalue weighted by Crippen LogP contribution is -1.91. The van der Waals surface area contributed by atoms with Gasteiger partial charge in [0.2, 0.25) is 0 Å². The smallest absolute Gasteiger partial charge is 0.0379 e. The van der Waals surface area contributed by atoms with Crippen LogP contribution in [0.1, 0.15) is 22.8 Å². The van der Waals surface area contributed by atoms with Gasteiger partial charge in [-0.15, -0.1) is 11.8 Å². The Morgan fingerprint density at radius 2 is 1.00 bits per heavy atom. The van der Waals surface area contributed by atoms with Crippen molar-refractivity contribution in [1.82, 2.24) is 0 Å². The summed E-state index contributed by atoms with van der Waals surface area (Å²) >= 11 is 1.99. The van der Waals surface area contributed by atoms with E-state index in [9.17, 15) is 0 Å². The average molecular weight is 541 g/mol. The second-order valence-electron chi connectivity index (χ2n) is 10.8. The van der Waals surface area contributed by atoms with Gasteiger partial charge in [-0.05, 0) is 84.3 Å². The Morgan fingerprint density at radius 1 is 0.439 bits per heavy atom. The number of hydrogen-bond acceptors (Lipinski definition) is 1. The van der Waals surface area contributed by atoms with Gasteiger partial charge in [0.15, 0.2) is 0 Å². The fraction of sp³-hybridized carbons (Fsp3) is 0.0500. The zero-order chi connectivity index (χ0) is 27.2. The Labute approximate surface area is 245 Å². The molecule has 0 saturated heterocycles. The van der Waals surface area contributed by atoms with Gasteiger partial charge in [0.25, 0.3) is 0 Å². The molecule has 1 atom stereocenters. The number of rotatable bonds is 4. The zero-order valence-electron chi connectivity index (χ0n) is 22.6. The molecule has 1 heteroatoms. The third-order valence-corrected chi connectivity index (χ3v) is 9.77. The van der Waals surface area contributed by atoms with Crippen LogP contribution in [0.15, 0.2) is 152 Å². The van der Waals surface area contributed by atoms with Crippen molar-refractivity contribution >= 4 is 49.0 Å². The third kappa shape index (κ3) is 4.25. The van der Waals surface area contributed by atoms with Crippen molar-refractivity contribution < 1.29 is 0 Å². The summed E-state index contributed by atoms with van der Waals surface area (Å²) in [6.07, 6.45) is 3.49. The van der Waals surface area contributed by atoms with Crippen LogP contribution in [0.2, 0.25) is 0 Å². The van der Waals surface area contributed by atoms with Crippen molar-refractivity contribution in [2.24, 2.45) is 0 Å². The lowest BCUT2D eigenvalue weighted by atomic mass is 9.85. The Bertz CT molecular complexity index is 2040. The summed E-state index contributed by atoms with van der Waals surface area (Å²) in [7, 11) is 0. The molecule has 0 aliphatic carbocycles. The lowest BCUT2D eigenvalue weighted by Gasteiger charge is -2.18. The predicted molar refractivity (Wildman–Crippen MR) is 179 cm³/mol. The van der Waals surface area contributed by atoms with E-state index in [-0.39, 0.29) is 0 Å². The molecule has 194 valence electrons. The first-order valence-electron chi connectivity index (χ1n) is 14.3. The minimum Gasteiger partial charge on any atom is -0.117 e. The van der Waals surface area contributed by atoms with Crippen LogP contribution in [0.25, 0.3) is 59.5 Å². The Morgan fingerprint density at radius 3 is 1.68 bits per heavy atom. The molecule has 0 saturated carbocycles. The topological polar surface area (TPSA) is 0 Å². The molecular weight excluding hydrogens is 513 g/mol. The van der Waals surface area contributed by atoms with Gasteiger partial charge in [-0.3, -0.25) is 0 Å². The van der Waals surface area contributed by atoms with E-state index in [1.165, 1.54) is 70.6 Å². The quantitative estimate of drug-likeness (QED) is 0.200. The van der Waals surface area contributed by atoms with Gasteiger partial charge >= 0.3 is 0 Å². The summed E-state index contributed by atoms with van der Waals surface area (Å²) < 4.78 is 0. The van der Waals surface area contributed by atoms with E-state index in [2.05, 4.69) is 152 Å². The van der Waals surface area contributed by atoms with Crippen molar-refractivity contribution in [2.75, 3.05) is 0 Å². The van der Waals surface area contributed by atoms with E-state index in [1.54, 1.807) is 0 Å². The lowest BCUT2D eigenvalue weighted by molar-refractivity contribution is 0.991. The first-order chi connectivity index (χ1) is 20.3. The Balaban J connectivity index is 1.30. The van der Waals surface area contributed by atoms with Crippen LogP contribution in [0.3, 0.4) is 0 Å². The van der Waals surface area contributed by atoms with E-state index in [0.29, 0.717) is 5.25 Å². The summed E-state index contributed by atoms with van der Waals surface area (Å²) in [5.41, 5.74) is 7.85. The summed E-state index contributed by atoms with van der Waals surface area (Å²) in [6.45, 7) is 0. The van der Waals surface area contributed by atoms with Crippen LogP contribution in [-0.2, 0) is 0 Å². The van der Waals surface area contributed by atoms with E-state index < -0.39 is 0 Å². The van der Waals surface area contributed by atoms with E-state index in [0.717, 1.165) is 6.42 Å². The maximum Gasteiger partial charge on any atom is 0.0379 e. The number of thioether (sulfide) groups is 1. The molecule has 7 aromatic carbocycles. The van der Waals surface area contributed by atoms with Crippen molar-refractivity contribution in [3.8, 4) is 22.3 Å². The van der Waals surface area contributed by atoms with Crippen LogP contribution in [0, 0.1) is 0 Å². The van der Waals surface area contributed by atoms with Crippen molar-refractivity contribution in [3.63, 3.8) is 0 Å². The number of allylic oxidation sites excluding steroid dienone is 1. The Kier molecular flexibility index (Phi) is 5.97. The highest BCUT2D eigenvalue weighted by Gasteiger charge is 2.22. The highest BCUT2D eigenvalue weighted by molar-refractivity contribution is 8.08. The zero-order valence-corrected chi connectivity index (χ0v) is 23.4. The second kappa shape index (κ2) is 10.1. The van der Waals surface area contributed by atoms with Gasteiger partial charge in [-0.25, -0.2) is 0 Å². The molecule has 0 aromatic heterocycles. The minimum atomic E-state index is 0.484. The maximum absolute atomic E-state index is 2.42. The molecule has 0 spiro atoms.